The molecule has 0 aliphatic heterocycles. The van der Waals surface area contributed by atoms with Crippen LogP contribution in [0.25, 0.3) is 0 Å². The summed E-state index contributed by atoms with van der Waals surface area (Å²) in [6.07, 6.45) is 8.91. The average molecular weight is 297 g/mol. The summed E-state index contributed by atoms with van der Waals surface area (Å²) >= 11 is 6.38. The molecular weight excluding hydrogens is 280 g/mol. The van der Waals surface area contributed by atoms with Gasteiger partial charge < -0.3 is 5.11 Å². The minimum atomic E-state index is -1.12. The summed E-state index contributed by atoms with van der Waals surface area (Å²) in [7, 11) is 0. The molecule has 0 bridgehead atoms. The van der Waals surface area contributed by atoms with Crippen LogP contribution in [0, 0.1) is 5.92 Å². The normalized spacial score (nSPS) is 20.2. The first kappa shape index (κ1) is 14.1. The summed E-state index contributed by atoms with van der Waals surface area (Å²) in [5.41, 5.74) is 0.492. The maximum atomic E-state index is 11.6. The second-order valence-electron chi connectivity index (χ2n) is 5.27. The minimum Gasteiger partial charge on any atom is -0.380 e. The van der Waals surface area contributed by atoms with E-state index in [-0.39, 0.29) is 5.92 Å². The molecule has 2 heteroatoms. The summed E-state index contributed by atoms with van der Waals surface area (Å²) in [6.45, 7) is 0. The van der Waals surface area contributed by atoms with Crippen LogP contribution >= 0.6 is 11.6 Å². The highest BCUT2D eigenvalue weighted by Gasteiger charge is 2.39. The van der Waals surface area contributed by atoms with Crippen molar-refractivity contribution in [1.82, 2.24) is 0 Å². The van der Waals surface area contributed by atoms with Crippen molar-refractivity contribution in [3.05, 3.63) is 95.1 Å². The van der Waals surface area contributed by atoms with Crippen LogP contribution in [-0.4, -0.2) is 5.11 Å². The van der Waals surface area contributed by atoms with Crippen LogP contribution in [0.4, 0.5) is 0 Å². The number of aliphatic hydroxyl groups is 1. The number of benzene rings is 2. The molecule has 1 nitrogen and oxygen atoms in total. The molecule has 1 aliphatic rings. The van der Waals surface area contributed by atoms with Crippen LogP contribution in [0.2, 0.25) is 5.02 Å². The predicted octanol–water partition coefficient (Wildman–Crippen LogP) is 4.71. The molecule has 0 amide bonds. The second-order valence-corrected chi connectivity index (χ2v) is 5.67. The van der Waals surface area contributed by atoms with Gasteiger partial charge in [-0.1, -0.05) is 84.4 Å². The van der Waals surface area contributed by atoms with Gasteiger partial charge in [-0.25, -0.2) is 0 Å². The molecule has 1 aliphatic carbocycles. The molecule has 0 heterocycles. The standard InChI is InChI=1S/C19H17ClO/c20-18-14-8-7-13-17(18)19(21,15-9-3-1-4-10-15)16-11-5-2-6-12-16/h1-11,13-14,16,21H,12H2. The highest BCUT2D eigenvalue weighted by atomic mass is 35.5. The molecule has 1 N–H and O–H groups in total. The number of rotatable bonds is 3. The molecule has 0 aromatic heterocycles. The average Bonchev–Trinajstić information content (AvgIpc) is 2.56. The maximum absolute atomic E-state index is 11.6. The number of halogens is 1. The Morgan fingerprint density at radius 3 is 2.33 bits per heavy atom. The lowest BCUT2D eigenvalue weighted by Crippen LogP contribution is -2.36. The molecule has 2 aromatic rings. The van der Waals surface area contributed by atoms with Crippen LogP contribution in [0.1, 0.15) is 17.5 Å². The highest BCUT2D eigenvalue weighted by Crippen LogP contribution is 2.43. The van der Waals surface area contributed by atoms with Crippen LogP contribution < -0.4 is 0 Å². The first-order valence-corrected chi connectivity index (χ1v) is 7.47. The summed E-state index contributed by atoms with van der Waals surface area (Å²) in [6, 6.07) is 17.3. The zero-order valence-corrected chi connectivity index (χ0v) is 12.4. The van der Waals surface area contributed by atoms with Crippen LogP contribution in [0.5, 0.6) is 0 Å². The molecule has 2 atom stereocenters. The number of hydrogen-bond acceptors (Lipinski definition) is 1. The number of hydrogen-bond donors (Lipinski definition) is 1. The highest BCUT2D eigenvalue weighted by molar-refractivity contribution is 6.31. The van der Waals surface area contributed by atoms with Crippen molar-refractivity contribution in [1.29, 1.82) is 0 Å². The predicted molar refractivity (Wildman–Crippen MR) is 87.3 cm³/mol. The zero-order valence-electron chi connectivity index (χ0n) is 11.6. The van der Waals surface area contributed by atoms with Gasteiger partial charge in [0.2, 0.25) is 0 Å². The Morgan fingerprint density at radius 1 is 0.952 bits per heavy atom. The monoisotopic (exact) mass is 296 g/mol. The van der Waals surface area contributed by atoms with Crippen molar-refractivity contribution in [2.24, 2.45) is 5.92 Å². The number of allylic oxidation sites excluding steroid dienone is 3. The van der Waals surface area contributed by atoms with E-state index in [2.05, 4.69) is 12.2 Å². The van der Waals surface area contributed by atoms with Gasteiger partial charge in [-0.3, -0.25) is 0 Å². The van der Waals surface area contributed by atoms with Gasteiger partial charge in [0.25, 0.3) is 0 Å². The van der Waals surface area contributed by atoms with E-state index < -0.39 is 5.60 Å². The molecule has 0 saturated heterocycles. The maximum Gasteiger partial charge on any atom is 0.123 e. The molecule has 2 unspecified atom stereocenters. The molecular formula is C19H17ClO. The lowest BCUT2D eigenvalue weighted by molar-refractivity contribution is 0.0370. The van der Waals surface area contributed by atoms with E-state index in [1.807, 2.05) is 66.7 Å². The van der Waals surface area contributed by atoms with Gasteiger partial charge in [0.1, 0.15) is 5.60 Å². The van der Waals surface area contributed by atoms with E-state index in [1.165, 1.54) is 0 Å². The summed E-state index contributed by atoms with van der Waals surface area (Å²) in [5, 5.41) is 12.2. The summed E-state index contributed by atoms with van der Waals surface area (Å²) < 4.78 is 0. The molecule has 21 heavy (non-hydrogen) atoms. The molecule has 0 radical (unpaired) electrons. The van der Waals surface area contributed by atoms with Gasteiger partial charge in [0.05, 0.1) is 0 Å². The lowest BCUT2D eigenvalue weighted by atomic mass is 9.73. The van der Waals surface area contributed by atoms with Crippen molar-refractivity contribution < 1.29 is 5.11 Å². The van der Waals surface area contributed by atoms with Crippen molar-refractivity contribution in [2.45, 2.75) is 12.0 Å². The smallest absolute Gasteiger partial charge is 0.123 e. The van der Waals surface area contributed by atoms with Crippen molar-refractivity contribution in [3.8, 4) is 0 Å². The topological polar surface area (TPSA) is 20.2 Å². The second kappa shape index (κ2) is 5.88. The third-order valence-corrected chi connectivity index (χ3v) is 4.35. The van der Waals surface area contributed by atoms with Crippen LogP contribution in [0.3, 0.4) is 0 Å². The van der Waals surface area contributed by atoms with Gasteiger partial charge in [0.15, 0.2) is 0 Å². The zero-order chi connectivity index (χ0) is 14.7. The third-order valence-electron chi connectivity index (χ3n) is 4.02. The Balaban J connectivity index is 2.18. The van der Waals surface area contributed by atoms with Crippen molar-refractivity contribution >= 4 is 11.6 Å². The fourth-order valence-electron chi connectivity index (χ4n) is 2.92. The van der Waals surface area contributed by atoms with E-state index in [4.69, 9.17) is 11.6 Å². The largest absolute Gasteiger partial charge is 0.380 e. The Hall–Kier alpha value is -1.83. The van der Waals surface area contributed by atoms with Crippen molar-refractivity contribution in [3.63, 3.8) is 0 Å². The van der Waals surface area contributed by atoms with E-state index in [9.17, 15) is 5.11 Å². The van der Waals surface area contributed by atoms with Crippen molar-refractivity contribution in [2.75, 3.05) is 0 Å². The summed E-state index contributed by atoms with van der Waals surface area (Å²) in [5.74, 6) is -0.0372. The van der Waals surface area contributed by atoms with Gasteiger partial charge in [0, 0.05) is 16.5 Å². The van der Waals surface area contributed by atoms with E-state index >= 15 is 0 Å². The van der Waals surface area contributed by atoms with Gasteiger partial charge in [-0.2, -0.15) is 0 Å². The quantitative estimate of drug-likeness (QED) is 0.870. The molecule has 0 fully saturated rings. The molecule has 106 valence electrons. The molecule has 3 rings (SSSR count). The minimum absolute atomic E-state index is 0.0372. The first-order chi connectivity index (χ1) is 10.2. The third kappa shape index (κ3) is 2.55. The first-order valence-electron chi connectivity index (χ1n) is 7.09. The Kier molecular flexibility index (Phi) is 3.96. The Labute approximate surface area is 130 Å². The SMILES string of the molecule is OC(c1ccccc1)(c1ccccc1Cl)C1C=CC=CC1. The van der Waals surface area contributed by atoms with E-state index in [0.717, 1.165) is 17.5 Å². The molecule has 0 spiro atoms. The summed E-state index contributed by atoms with van der Waals surface area (Å²) in [4.78, 5) is 0. The Morgan fingerprint density at radius 2 is 1.67 bits per heavy atom. The van der Waals surface area contributed by atoms with Crippen LogP contribution in [-0.2, 0) is 5.60 Å². The fourth-order valence-corrected chi connectivity index (χ4v) is 3.20. The van der Waals surface area contributed by atoms with Gasteiger partial charge >= 0.3 is 0 Å². The fraction of sp³-hybridized carbons (Fsp3) is 0.158. The lowest BCUT2D eigenvalue weighted by Gasteiger charge is -2.36. The van der Waals surface area contributed by atoms with Gasteiger partial charge in [-0.15, -0.1) is 0 Å². The Bertz CT molecular complexity index is 675. The van der Waals surface area contributed by atoms with E-state index in [0.29, 0.717) is 5.02 Å². The molecule has 2 aromatic carbocycles. The van der Waals surface area contributed by atoms with Gasteiger partial charge in [-0.05, 0) is 18.1 Å². The van der Waals surface area contributed by atoms with E-state index in [1.54, 1.807) is 0 Å². The van der Waals surface area contributed by atoms with Crippen LogP contribution in [0.15, 0.2) is 78.9 Å². The molecule has 0 saturated carbocycles.